The number of aromatic nitrogens is 3. The van der Waals surface area contributed by atoms with Gasteiger partial charge in [0.1, 0.15) is 25.3 Å². The number of rotatable bonds is 6. The first kappa shape index (κ1) is 18.7. The summed E-state index contributed by atoms with van der Waals surface area (Å²) in [5.41, 5.74) is 0.531. The fourth-order valence-corrected chi connectivity index (χ4v) is 3.58. The van der Waals surface area contributed by atoms with Crippen molar-refractivity contribution >= 4 is 34.2 Å². The van der Waals surface area contributed by atoms with Crippen molar-refractivity contribution in [2.24, 2.45) is 0 Å². The molecule has 0 aliphatic carbocycles. The highest BCUT2D eigenvalue weighted by Crippen LogP contribution is 2.41. The van der Waals surface area contributed by atoms with Crippen molar-refractivity contribution in [1.82, 2.24) is 14.8 Å². The van der Waals surface area contributed by atoms with Crippen molar-refractivity contribution < 1.29 is 18.6 Å². The molecule has 3 aromatic rings. The first-order valence-electron chi connectivity index (χ1n) is 8.60. The van der Waals surface area contributed by atoms with Gasteiger partial charge in [0, 0.05) is 10.4 Å². The third kappa shape index (κ3) is 3.83. The Kier molecular flexibility index (Phi) is 5.13. The standard InChI is InChI=1S/C18H19Cl2N3O4/c1-11(2)24-6-14-7-25-18(27-14,8-23-10-21-9-22-23)16-4-12-3-13(19)5-15(20)17(12)26-16/h3-5,9-11,14H,6-8H2,1-2H3. The minimum absolute atomic E-state index is 0.103. The van der Waals surface area contributed by atoms with E-state index in [0.29, 0.717) is 34.6 Å². The number of benzene rings is 1. The van der Waals surface area contributed by atoms with Crippen LogP contribution in [0.1, 0.15) is 19.6 Å². The molecule has 7 nitrogen and oxygen atoms in total. The van der Waals surface area contributed by atoms with Crippen LogP contribution in [-0.4, -0.2) is 40.2 Å². The van der Waals surface area contributed by atoms with Gasteiger partial charge in [-0.2, -0.15) is 5.10 Å². The van der Waals surface area contributed by atoms with Crippen LogP contribution in [0.3, 0.4) is 0 Å². The Morgan fingerprint density at radius 2 is 2.19 bits per heavy atom. The summed E-state index contributed by atoms with van der Waals surface area (Å²) in [4.78, 5) is 3.98. The molecule has 4 rings (SSSR count). The molecule has 27 heavy (non-hydrogen) atoms. The lowest BCUT2D eigenvalue weighted by Gasteiger charge is -2.25. The van der Waals surface area contributed by atoms with Crippen molar-refractivity contribution in [3.8, 4) is 0 Å². The van der Waals surface area contributed by atoms with E-state index in [1.807, 2.05) is 19.9 Å². The first-order chi connectivity index (χ1) is 12.9. The summed E-state index contributed by atoms with van der Waals surface area (Å²) in [5, 5.41) is 5.89. The molecular weight excluding hydrogens is 393 g/mol. The van der Waals surface area contributed by atoms with E-state index in [-0.39, 0.29) is 18.8 Å². The molecule has 0 N–H and O–H groups in total. The Morgan fingerprint density at radius 3 is 2.93 bits per heavy atom. The van der Waals surface area contributed by atoms with E-state index in [1.165, 1.54) is 6.33 Å². The van der Waals surface area contributed by atoms with Gasteiger partial charge in [-0.3, -0.25) is 0 Å². The summed E-state index contributed by atoms with van der Waals surface area (Å²) >= 11 is 12.4. The predicted molar refractivity (Wildman–Crippen MR) is 99.8 cm³/mol. The van der Waals surface area contributed by atoms with Gasteiger partial charge in [-0.25, -0.2) is 9.67 Å². The van der Waals surface area contributed by atoms with Gasteiger partial charge in [0.25, 0.3) is 0 Å². The van der Waals surface area contributed by atoms with Crippen LogP contribution in [-0.2, 0) is 26.5 Å². The number of halogens is 2. The van der Waals surface area contributed by atoms with Gasteiger partial charge in [0.15, 0.2) is 11.3 Å². The lowest BCUT2D eigenvalue weighted by molar-refractivity contribution is -0.204. The zero-order valence-corrected chi connectivity index (χ0v) is 16.4. The Morgan fingerprint density at radius 1 is 1.33 bits per heavy atom. The minimum atomic E-state index is -1.16. The summed E-state index contributed by atoms with van der Waals surface area (Å²) in [6.45, 7) is 5.01. The second-order valence-electron chi connectivity index (χ2n) is 6.70. The highest BCUT2D eigenvalue weighted by atomic mass is 35.5. The average molecular weight is 412 g/mol. The zero-order valence-electron chi connectivity index (χ0n) is 14.9. The van der Waals surface area contributed by atoms with Gasteiger partial charge >= 0.3 is 0 Å². The maximum Gasteiger partial charge on any atom is 0.249 e. The molecule has 2 atom stereocenters. The third-order valence-electron chi connectivity index (χ3n) is 4.22. The molecule has 3 heterocycles. The average Bonchev–Trinajstić information content (AvgIpc) is 3.33. The minimum Gasteiger partial charge on any atom is -0.454 e. The molecule has 0 saturated carbocycles. The van der Waals surface area contributed by atoms with Gasteiger partial charge in [0.2, 0.25) is 5.79 Å². The monoisotopic (exact) mass is 411 g/mol. The van der Waals surface area contributed by atoms with E-state index in [0.717, 1.165) is 5.39 Å². The molecule has 1 aliphatic rings. The van der Waals surface area contributed by atoms with Crippen molar-refractivity contribution in [2.45, 2.75) is 38.4 Å². The van der Waals surface area contributed by atoms with E-state index in [4.69, 9.17) is 41.8 Å². The lowest BCUT2D eigenvalue weighted by atomic mass is 10.2. The van der Waals surface area contributed by atoms with Crippen molar-refractivity contribution in [3.05, 3.63) is 46.7 Å². The summed E-state index contributed by atoms with van der Waals surface area (Å²) in [5.74, 6) is -0.669. The highest BCUT2D eigenvalue weighted by molar-refractivity contribution is 6.38. The summed E-state index contributed by atoms with van der Waals surface area (Å²) in [7, 11) is 0. The molecule has 1 aliphatic heterocycles. The Hall–Kier alpha value is -1.64. The fraction of sp³-hybridized carbons (Fsp3) is 0.444. The van der Waals surface area contributed by atoms with Gasteiger partial charge in [-0.15, -0.1) is 0 Å². The van der Waals surface area contributed by atoms with Crippen LogP contribution in [0.25, 0.3) is 11.0 Å². The number of hydrogen-bond donors (Lipinski definition) is 0. The number of ether oxygens (including phenoxy) is 3. The normalized spacial score (nSPS) is 22.9. The smallest absolute Gasteiger partial charge is 0.249 e. The highest BCUT2D eigenvalue weighted by Gasteiger charge is 2.47. The van der Waals surface area contributed by atoms with E-state index in [1.54, 1.807) is 23.1 Å². The predicted octanol–water partition coefficient (Wildman–Crippen LogP) is 4.02. The molecule has 1 aromatic carbocycles. The molecule has 2 aromatic heterocycles. The molecule has 0 spiro atoms. The maximum absolute atomic E-state index is 6.28. The van der Waals surface area contributed by atoms with Gasteiger partial charge in [-0.1, -0.05) is 23.2 Å². The molecular formula is C18H19Cl2N3O4. The molecule has 0 amide bonds. The number of nitrogens with zero attached hydrogens (tertiary/aromatic N) is 3. The maximum atomic E-state index is 6.28. The Balaban J connectivity index is 1.69. The van der Waals surface area contributed by atoms with Crippen LogP contribution in [0.15, 0.2) is 35.3 Å². The van der Waals surface area contributed by atoms with Crippen LogP contribution in [0, 0.1) is 0 Å². The quantitative estimate of drug-likeness (QED) is 0.609. The zero-order chi connectivity index (χ0) is 19.0. The SMILES string of the molecule is CC(C)OCC1COC(Cn2cncn2)(c2cc3cc(Cl)cc(Cl)c3o2)O1. The largest absolute Gasteiger partial charge is 0.454 e. The van der Waals surface area contributed by atoms with Crippen LogP contribution in [0.2, 0.25) is 10.0 Å². The second kappa shape index (κ2) is 7.41. The van der Waals surface area contributed by atoms with E-state index in [9.17, 15) is 0 Å². The fourth-order valence-electron chi connectivity index (χ4n) is 3.03. The van der Waals surface area contributed by atoms with Crippen molar-refractivity contribution in [2.75, 3.05) is 13.2 Å². The van der Waals surface area contributed by atoms with E-state index >= 15 is 0 Å². The van der Waals surface area contributed by atoms with Gasteiger partial charge in [-0.05, 0) is 32.0 Å². The summed E-state index contributed by atoms with van der Waals surface area (Å²) < 4.78 is 25.7. The van der Waals surface area contributed by atoms with Crippen LogP contribution in [0.4, 0.5) is 0 Å². The summed E-state index contributed by atoms with van der Waals surface area (Å²) in [6.07, 6.45) is 2.92. The van der Waals surface area contributed by atoms with E-state index in [2.05, 4.69) is 10.1 Å². The van der Waals surface area contributed by atoms with Crippen LogP contribution < -0.4 is 0 Å². The topological polar surface area (TPSA) is 71.5 Å². The van der Waals surface area contributed by atoms with Gasteiger partial charge < -0.3 is 18.6 Å². The summed E-state index contributed by atoms with van der Waals surface area (Å²) in [6, 6.07) is 5.25. The number of furan rings is 1. The van der Waals surface area contributed by atoms with Crippen LogP contribution in [0.5, 0.6) is 0 Å². The molecule has 1 saturated heterocycles. The van der Waals surface area contributed by atoms with E-state index < -0.39 is 5.79 Å². The number of hydrogen-bond acceptors (Lipinski definition) is 6. The second-order valence-corrected chi connectivity index (χ2v) is 7.54. The third-order valence-corrected chi connectivity index (χ3v) is 4.72. The molecule has 1 fully saturated rings. The molecule has 2 unspecified atom stereocenters. The van der Waals surface area contributed by atoms with Crippen molar-refractivity contribution in [3.63, 3.8) is 0 Å². The van der Waals surface area contributed by atoms with Crippen LogP contribution >= 0.6 is 23.2 Å². The van der Waals surface area contributed by atoms with Gasteiger partial charge in [0.05, 0.1) is 24.3 Å². The molecule has 0 bridgehead atoms. The van der Waals surface area contributed by atoms with Crippen molar-refractivity contribution in [1.29, 1.82) is 0 Å². The lowest BCUT2D eigenvalue weighted by Crippen LogP contribution is -2.34. The number of fused-ring (bicyclic) bond motifs is 1. The Labute approximate surface area is 166 Å². The molecule has 144 valence electrons. The molecule has 0 radical (unpaired) electrons. The first-order valence-corrected chi connectivity index (χ1v) is 9.35. The molecule has 9 heteroatoms. The Bertz CT molecular complexity index is 928.